The molecule has 4 rings (SSSR count). The smallest absolute Gasteiger partial charge is 0.256 e. The molecule has 0 unspecified atom stereocenters. The fourth-order valence-corrected chi connectivity index (χ4v) is 6.66. The van der Waals surface area contributed by atoms with Crippen LogP contribution in [-0.4, -0.2) is 64.1 Å². The third-order valence-electron chi connectivity index (χ3n) is 5.26. The van der Waals surface area contributed by atoms with Gasteiger partial charge in [0.25, 0.3) is 5.91 Å². The van der Waals surface area contributed by atoms with Gasteiger partial charge >= 0.3 is 0 Å². The van der Waals surface area contributed by atoms with Gasteiger partial charge < -0.3 is 14.8 Å². The molecule has 0 aliphatic carbocycles. The number of para-hydroxylation sites is 1. The standard InChI is InChI=1S/C24H25N3O5S3/c1-31-14-12-27(13-15-32-2)35(29,30)18-9-7-17(8-10-18)22(28)26-23-19(11-16-33-23)24-25-20-5-3-4-6-21(20)34-24/h3-11,16H,12-15H2,1-2H3,(H,26,28). The summed E-state index contributed by atoms with van der Waals surface area (Å²) in [6.07, 6.45) is 0. The lowest BCUT2D eigenvalue weighted by atomic mass is 10.2. The fourth-order valence-electron chi connectivity index (χ4n) is 3.40. The second-order valence-electron chi connectivity index (χ2n) is 7.52. The number of hydrogen-bond acceptors (Lipinski definition) is 8. The van der Waals surface area contributed by atoms with Gasteiger partial charge in [-0.1, -0.05) is 12.1 Å². The van der Waals surface area contributed by atoms with E-state index in [1.807, 2.05) is 35.7 Å². The SMILES string of the molecule is COCCN(CCOC)S(=O)(=O)c1ccc(C(=O)Nc2sccc2-c2nc3ccccc3s2)cc1. The molecule has 2 heterocycles. The quantitative estimate of drug-likeness (QED) is 0.305. The van der Waals surface area contributed by atoms with E-state index < -0.39 is 10.0 Å². The van der Waals surface area contributed by atoms with Crippen LogP contribution in [0.4, 0.5) is 5.00 Å². The van der Waals surface area contributed by atoms with Gasteiger partial charge in [-0.15, -0.1) is 22.7 Å². The minimum atomic E-state index is -3.76. The van der Waals surface area contributed by atoms with Crippen molar-refractivity contribution in [1.29, 1.82) is 0 Å². The third kappa shape index (κ3) is 5.77. The van der Waals surface area contributed by atoms with E-state index in [-0.39, 0.29) is 37.1 Å². The lowest BCUT2D eigenvalue weighted by molar-refractivity contribution is 0.102. The number of nitrogens with one attached hydrogen (secondary N) is 1. The maximum absolute atomic E-state index is 13.1. The number of benzene rings is 2. The maximum atomic E-state index is 13.1. The summed E-state index contributed by atoms with van der Waals surface area (Å²) in [4.78, 5) is 17.7. The summed E-state index contributed by atoms with van der Waals surface area (Å²) in [5.41, 5.74) is 2.13. The van der Waals surface area contributed by atoms with Crippen molar-refractivity contribution in [3.05, 3.63) is 65.5 Å². The first-order chi connectivity index (χ1) is 16.9. The van der Waals surface area contributed by atoms with E-state index in [1.54, 1.807) is 11.3 Å². The van der Waals surface area contributed by atoms with Crippen LogP contribution in [0.25, 0.3) is 20.8 Å². The number of aromatic nitrogens is 1. The number of amides is 1. The molecule has 0 radical (unpaired) electrons. The summed E-state index contributed by atoms with van der Waals surface area (Å²) in [5.74, 6) is -0.325. The maximum Gasteiger partial charge on any atom is 0.256 e. The van der Waals surface area contributed by atoms with Crippen molar-refractivity contribution in [2.45, 2.75) is 4.90 Å². The molecule has 0 saturated carbocycles. The van der Waals surface area contributed by atoms with E-state index in [9.17, 15) is 13.2 Å². The Bertz CT molecular complexity index is 1360. The average Bonchev–Trinajstić information content (AvgIpc) is 3.50. The molecule has 2 aromatic heterocycles. The van der Waals surface area contributed by atoms with Crippen LogP contribution in [-0.2, 0) is 19.5 Å². The molecule has 184 valence electrons. The molecule has 0 fully saturated rings. The molecule has 1 amide bonds. The number of methoxy groups -OCH3 is 2. The van der Waals surface area contributed by atoms with Gasteiger partial charge in [0.2, 0.25) is 10.0 Å². The van der Waals surface area contributed by atoms with Gasteiger partial charge in [-0.05, 0) is 47.8 Å². The number of rotatable bonds is 11. The van der Waals surface area contributed by atoms with Crippen molar-refractivity contribution in [2.24, 2.45) is 0 Å². The van der Waals surface area contributed by atoms with Crippen LogP contribution in [0, 0.1) is 0 Å². The number of carbonyl (C=O) groups excluding carboxylic acids is 1. The van der Waals surface area contributed by atoms with Gasteiger partial charge in [0.15, 0.2) is 0 Å². The number of thiazole rings is 1. The number of thiophene rings is 1. The second-order valence-corrected chi connectivity index (χ2v) is 11.4. The number of sulfonamides is 1. The first-order valence-corrected chi connectivity index (χ1v) is 13.9. The Morgan fingerprint density at radius 2 is 1.69 bits per heavy atom. The largest absolute Gasteiger partial charge is 0.383 e. The molecule has 0 saturated heterocycles. The zero-order valence-corrected chi connectivity index (χ0v) is 21.7. The monoisotopic (exact) mass is 531 g/mol. The summed E-state index contributed by atoms with van der Waals surface area (Å²) >= 11 is 2.98. The zero-order valence-electron chi connectivity index (χ0n) is 19.3. The van der Waals surface area contributed by atoms with Crippen LogP contribution in [0.2, 0.25) is 0 Å². The number of fused-ring (bicyclic) bond motifs is 1. The van der Waals surface area contributed by atoms with Gasteiger partial charge in [0.05, 0.1) is 28.3 Å². The summed E-state index contributed by atoms with van der Waals surface area (Å²) in [5, 5.41) is 6.36. The molecule has 35 heavy (non-hydrogen) atoms. The Hall–Kier alpha value is -2.67. The molecular formula is C24H25N3O5S3. The highest BCUT2D eigenvalue weighted by Crippen LogP contribution is 2.37. The summed E-state index contributed by atoms with van der Waals surface area (Å²) in [6.45, 7) is 0.942. The van der Waals surface area contributed by atoms with Crippen molar-refractivity contribution in [3.8, 4) is 10.6 Å². The first-order valence-electron chi connectivity index (χ1n) is 10.8. The van der Waals surface area contributed by atoms with E-state index in [1.165, 1.54) is 54.1 Å². The van der Waals surface area contributed by atoms with Gasteiger partial charge in [0.1, 0.15) is 10.0 Å². The lowest BCUT2D eigenvalue weighted by Crippen LogP contribution is -2.36. The summed E-state index contributed by atoms with van der Waals surface area (Å²) in [6, 6.07) is 15.7. The van der Waals surface area contributed by atoms with Crippen LogP contribution in [0.5, 0.6) is 0 Å². The van der Waals surface area contributed by atoms with Crippen LogP contribution >= 0.6 is 22.7 Å². The van der Waals surface area contributed by atoms with Crippen molar-refractivity contribution in [2.75, 3.05) is 45.8 Å². The Balaban J connectivity index is 1.50. The highest BCUT2D eigenvalue weighted by Gasteiger charge is 2.24. The minimum Gasteiger partial charge on any atom is -0.383 e. The Labute approximate surface area is 212 Å². The number of hydrogen-bond donors (Lipinski definition) is 1. The van der Waals surface area contributed by atoms with E-state index in [0.29, 0.717) is 10.6 Å². The molecule has 0 aliphatic heterocycles. The van der Waals surface area contributed by atoms with Gasteiger partial charge in [-0.3, -0.25) is 4.79 Å². The molecule has 2 aromatic carbocycles. The zero-order chi connectivity index (χ0) is 24.8. The fraction of sp³-hybridized carbons (Fsp3) is 0.250. The summed E-state index contributed by atoms with van der Waals surface area (Å²) < 4.78 is 38.6. The predicted molar refractivity (Wildman–Crippen MR) is 140 cm³/mol. The molecule has 4 aromatic rings. The van der Waals surface area contributed by atoms with Gasteiger partial charge in [-0.2, -0.15) is 4.31 Å². The Morgan fingerprint density at radius 3 is 2.34 bits per heavy atom. The van der Waals surface area contributed by atoms with E-state index in [2.05, 4.69) is 10.3 Å². The Morgan fingerprint density at radius 1 is 1.00 bits per heavy atom. The predicted octanol–water partition coefficient (Wildman–Crippen LogP) is 4.56. The van der Waals surface area contributed by atoms with Crippen molar-refractivity contribution in [3.63, 3.8) is 0 Å². The number of nitrogens with zero attached hydrogens (tertiary/aromatic N) is 2. The van der Waals surface area contributed by atoms with Crippen LogP contribution in [0.3, 0.4) is 0 Å². The second kappa shape index (κ2) is 11.4. The lowest BCUT2D eigenvalue weighted by Gasteiger charge is -2.21. The van der Waals surface area contributed by atoms with Crippen LogP contribution < -0.4 is 5.32 Å². The molecular weight excluding hydrogens is 506 g/mol. The minimum absolute atomic E-state index is 0.104. The molecule has 0 spiro atoms. The highest BCUT2D eigenvalue weighted by molar-refractivity contribution is 7.89. The van der Waals surface area contributed by atoms with E-state index in [4.69, 9.17) is 9.47 Å². The normalized spacial score (nSPS) is 11.9. The van der Waals surface area contributed by atoms with Crippen molar-refractivity contribution in [1.82, 2.24) is 9.29 Å². The van der Waals surface area contributed by atoms with Gasteiger partial charge in [0, 0.05) is 38.4 Å². The number of carbonyl (C=O) groups is 1. The number of anilines is 1. The number of ether oxygens (including phenoxy) is 2. The van der Waals surface area contributed by atoms with Crippen LogP contribution in [0.15, 0.2) is 64.9 Å². The van der Waals surface area contributed by atoms with E-state index in [0.717, 1.165) is 20.8 Å². The van der Waals surface area contributed by atoms with Crippen molar-refractivity contribution < 1.29 is 22.7 Å². The highest BCUT2D eigenvalue weighted by atomic mass is 32.2. The molecule has 8 nitrogen and oxygen atoms in total. The third-order valence-corrected chi connectivity index (χ3v) is 9.07. The van der Waals surface area contributed by atoms with Crippen LogP contribution in [0.1, 0.15) is 10.4 Å². The Kier molecular flexibility index (Phi) is 8.26. The molecule has 0 aliphatic rings. The molecule has 11 heteroatoms. The molecule has 0 atom stereocenters. The average molecular weight is 532 g/mol. The summed E-state index contributed by atoms with van der Waals surface area (Å²) in [7, 11) is -0.720. The first kappa shape index (κ1) is 25.4. The van der Waals surface area contributed by atoms with E-state index >= 15 is 0 Å². The topological polar surface area (TPSA) is 97.8 Å². The molecule has 0 bridgehead atoms. The van der Waals surface area contributed by atoms with Crippen molar-refractivity contribution >= 4 is 53.8 Å². The van der Waals surface area contributed by atoms with Gasteiger partial charge in [-0.25, -0.2) is 13.4 Å². The molecule has 1 N–H and O–H groups in total.